The summed E-state index contributed by atoms with van der Waals surface area (Å²) in [6.45, 7) is 5.01. The predicted octanol–water partition coefficient (Wildman–Crippen LogP) is 4.27. The lowest BCUT2D eigenvalue weighted by atomic mass is 9.95. The third kappa shape index (κ3) is 6.83. The fourth-order valence-electron chi connectivity index (χ4n) is 4.14. The summed E-state index contributed by atoms with van der Waals surface area (Å²) >= 11 is 0. The SMILES string of the molecule is COc1ccc(NCC2CN(Cc3ccccc3)CC/C2=N\NS(=O)(=O)c2ccc(C)cc2)cc1. The lowest BCUT2D eigenvalue weighted by Gasteiger charge is -2.34. The van der Waals surface area contributed by atoms with Gasteiger partial charge in [-0.3, -0.25) is 4.90 Å². The molecule has 0 spiro atoms. The molecule has 0 radical (unpaired) electrons. The van der Waals surface area contributed by atoms with Crippen molar-refractivity contribution in [1.82, 2.24) is 9.73 Å². The molecule has 184 valence electrons. The number of methoxy groups -OCH3 is 1. The van der Waals surface area contributed by atoms with Crippen molar-refractivity contribution in [1.29, 1.82) is 0 Å². The highest BCUT2D eigenvalue weighted by Crippen LogP contribution is 2.20. The van der Waals surface area contributed by atoms with Gasteiger partial charge in [0.15, 0.2) is 0 Å². The number of rotatable bonds is 9. The number of hydrogen-bond donors (Lipinski definition) is 2. The van der Waals surface area contributed by atoms with E-state index in [1.165, 1.54) is 5.56 Å². The molecule has 0 amide bonds. The van der Waals surface area contributed by atoms with E-state index in [-0.39, 0.29) is 10.8 Å². The van der Waals surface area contributed by atoms with Crippen LogP contribution in [0.4, 0.5) is 5.69 Å². The van der Waals surface area contributed by atoms with E-state index in [0.29, 0.717) is 13.0 Å². The Morgan fingerprint density at radius 2 is 1.71 bits per heavy atom. The van der Waals surface area contributed by atoms with Gasteiger partial charge in [-0.2, -0.15) is 13.5 Å². The van der Waals surface area contributed by atoms with E-state index < -0.39 is 10.0 Å². The first-order valence-electron chi connectivity index (χ1n) is 11.7. The van der Waals surface area contributed by atoms with Gasteiger partial charge in [-0.25, -0.2) is 4.83 Å². The zero-order chi connectivity index (χ0) is 24.7. The van der Waals surface area contributed by atoms with Crippen LogP contribution in [-0.2, 0) is 16.6 Å². The van der Waals surface area contributed by atoms with Crippen LogP contribution >= 0.6 is 0 Å². The third-order valence-corrected chi connectivity index (χ3v) is 7.39. The molecule has 0 saturated carbocycles. The summed E-state index contributed by atoms with van der Waals surface area (Å²) in [5, 5.41) is 7.88. The Morgan fingerprint density at radius 3 is 2.40 bits per heavy atom. The van der Waals surface area contributed by atoms with Crippen molar-refractivity contribution in [2.75, 3.05) is 32.1 Å². The van der Waals surface area contributed by atoms with Gasteiger partial charge in [-0.15, -0.1) is 0 Å². The van der Waals surface area contributed by atoms with Gasteiger partial charge in [-0.1, -0.05) is 48.0 Å². The molecule has 8 heteroatoms. The van der Waals surface area contributed by atoms with E-state index in [1.54, 1.807) is 31.4 Å². The highest BCUT2D eigenvalue weighted by molar-refractivity contribution is 7.89. The van der Waals surface area contributed by atoms with Gasteiger partial charge >= 0.3 is 0 Å². The van der Waals surface area contributed by atoms with Gasteiger partial charge in [0, 0.05) is 49.9 Å². The molecule has 1 heterocycles. The van der Waals surface area contributed by atoms with Crippen LogP contribution in [-0.4, -0.2) is 45.8 Å². The molecule has 1 fully saturated rings. The molecule has 0 aromatic heterocycles. The van der Waals surface area contributed by atoms with Crippen molar-refractivity contribution in [2.24, 2.45) is 11.0 Å². The predicted molar refractivity (Wildman–Crippen MR) is 140 cm³/mol. The average Bonchev–Trinajstić information content (AvgIpc) is 2.88. The summed E-state index contributed by atoms with van der Waals surface area (Å²) in [6, 6.07) is 24.9. The van der Waals surface area contributed by atoms with Crippen molar-refractivity contribution in [2.45, 2.75) is 24.8 Å². The summed E-state index contributed by atoms with van der Waals surface area (Å²) in [5.41, 5.74) is 4.09. The van der Waals surface area contributed by atoms with Gasteiger partial charge in [0.2, 0.25) is 0 Å². The summed E-state index contributed by atoms with van der Waals surface area (Å²) in [6.07, 6.45) is 0.693. The maximum absolute atomic E-state index is 12.8. The van der Waals surface area contributed by atoms with Gasteiger partial charge in [0.1, 0.15) is 5.75 Å². The number of benzene rings is 3. The highest BCUT2D eigenvalue weighted by atomic mass is 32.2. The maximum atomic E-state index is 12.8. The van der Waals surface area contributed by atoms with E-state index in [1.807, 2.05) is 37.3 Å². The number of hydrogen-bond acceptors (Lipinski definition) is 6. The molecule has 3 aromatic carbocycles. The Bertz CT molecular complexity index is 1230. The van der Waals surface area contributed by atoms with Crippen LogP contribution in [0, 0.1) is 12.8 Å². The van der Waals surface area contributed by atoms with Crippen LogP contribution in [0.3, 0.4) is 0 Å². The van der Waals surface area contributed by atoms with Gasteiger partial charge in [0.05, 0.1) is 12.0 Å². The van der Waals surface area contributed by atoms with Crippen molar-refractivity contribution in [3.05, 3.63) is 90.0 Å². The van der Waals surface area contributed by atoms with Crippen LogP contribution in [0.2, 0.25) is 0 Å². The summed E-state index contributed by atoms with van der Waals surface area (Å²) in [5.74, 6) is 0.852. The molecule has 1 aliphatic heterocycles. The fraction of sp³-hybridized carbons (Fsp3) is 0.296. The van der Waals surface area contributed by atoms with Crippen LogP contribution in [0.1, 0.15) is 17.5 Å². The van der Waals surface area contributed by atoms with Crippen molar-refractivity contribution in [3.8, 4) is 5.75 Å². The molecule has 0 bridgehead atoms. The second-order valence-corrected chi connectivity index (χ2v) is 10.4. The second kappa shape index (κ2) is 11.4. The number of nitrogens with zero attached hydrogens (tertiary/aromatic N) is 2. The Kier molecular flexibility index (Phi) is 8.05. The van der Waals surface area contributed by atoms with Gasteiger partial charge in [-0.05, 0) is 48.9 Å². The molecule has 35 heavy (non-hydrogen) atoms. The number of piperidine rings is 1. The van der Waals surface area contributed by atoms with E-state index in [4.69, 9.17) is 4.74 Å². The molecule has 4 rings (SSSR count). The Hall–Kier alpha value is -3.36. The standard InChI is InChI=1S/C27H32N4O3S/c1-21-8-14-26(15-9-21)35(32,33)30-29-27-16-17-31(19-22-6-4-3-5-7-22)20-23(27)18-28-24-10-12-25(34-2)13-11-24/h3-15,23,28,30H,16-20H2,1-2H3/b29-27+. The number of anilines is 1. The minimum absolute atomic E-state index is 0.0512. The van der Waals surface area contributed by atoms with Crippen LogP contribution in [0.5, 0.6) is 5.75 Å². The smallest absolute Gasteiger partial charge is 0.276 e. The Morgan fingerprint density at radius 1 is 1.00 bits per heavy atom. The Labute approximate surface area is 207 Å². The van der Waals surface area contributed by atoms with E-state index in [9.17, 15) is 8.42 Å². The van der Waals surface area contributed by atoms with Crippen LogP contribution in [0.25, 0.3) is 0 Å². The lowest BCUT2D eigenvalue weighted by molar-refractivity contribution is 0.235. The molecule has 0 aliphatic carbocycles. The largest absolute Gasteiger partial charge is 0.497 e. The molecule has 3 aromatic rings. The van der Waals surface area contributed by atoms with Crippen molar-refractivity contribution >= 4 is 21.4 Å². The zero-order valence-corrected chi connectivity index (χ0v) is 21.0. The van der Waals surface area contributed by atoms with E-state index >= 15 is 0 Å². The maximum Gasteiger partial charge on any atom is 0.276 e. The average molecular weight is 493 g/mol. The number of nitrogens with one attached hydrogen (secondary N) is 2. The topological polar surface area (TPSA) is 83.0 Å². The third-order valence-electron chi connectivity index (χ3n) is 6.17. The molecule has 1 aliphatic rings. The Balaban J connectivity index is 1.48. The number of ether oxygens (including phenoxy) is 1. The highest BCUT2D eigenvalue weighted by Gasteiger charge is 2.26. The van der Waals surface area contributed by atoms with Gasteiger partial charge in [0.25, 0.3) is 10.0 Å². The molecule has 1 unspecified atom stereocenters. The summed E-state index contributed by atoms with van der Waals surface area (Å²) in [7, 11) is -2.08. The second-order valence-electron chi connectivity index (χ2n) is 8.79. The number of likely N-dealkylation sites (tertiary alicyclic amines) is 1. The molecule has 7 nitrogen and oxygen atoms in total. The minimum atomic E-state index is -3.72. The number of hydrazone groups is 1. The minimum Gasteiger partial charge on any atom is -0.497 e. The molecule has 1 saturated heterocycles. The normalized spacial score (nSPS) is 17.8. The van der Waals surface area contributed by atoms with E-state index in [0.717, 1.165) is 42.3 Å². The quantitative estimate of drug-likeness (QED) is 0.436. The molecule has 1 atom stereocenters. The molecular weight excluding hydrogens is 460 g/mol. The summed E-state index contributed by atoms with van der Waals surface area (Å²) in [4.78, 5) is 5.07. The zero-order valence-electron chi connectivity index (χ0n) is 20.1. The van der Waals surface area contributed by atoms with Crippen molar-refractivity contribution < 1.29 is 13.2 Å². The first-order valence-corrected chi connectivity index (χ1v) is 13.2. The lowest BCUT2D eigenvalue weighted by Crippen LogP contribution is -2.44. The number of sulfonamides is 1. The number of aryl methyl sites for hydroxylation is 1. The first-order chi connectivity index (χ1) is 16.9. The first kappa shape index (κ1) is 24.8. The molecule has 2 N–H and O–H groups in total. The van der Waals surface area contributed by atoms with Crippen molar-refractivity contribution in [3.63, 3.8) is 0 Å². The van der Waals surface area contributed by atoms with Crippen LogP contribution < -0.4 is 14.9 Å². The van der Waals surface area contributed by atoms with Crippen LogP contribution in [0.15, 0.2) is 88.9 Å². The van der Waals surface area contributed by atoms with E-state index in [2.05, 4.69) is 44.4 Å². The summed E-state index contributed by atoms with van der Waals surface area (Å²) < 4.78 is 30.8. The van der Waals surface area contributed by atoms with Gasteiger partial charge < -0.3 is 10.1 Å². The molecular formula is C27H32N4O3S. The monoisotopic (exact) mass is 492 g/mol. The fourth-order valence-corrected chi connectivity index (χ4v) is 4.98.